The molecule has 3 rings (SSSR count). The predicted molar refractivity (Wildman–Crippen MR) is 69.9 cm³/mol. The van der Waals surface area contributed by atoms with Gasteiger partial charge in [0.2, 0.25) is 0 Å². The lowest BCUT2D eigenvalue weighted by Gasteiger charge is -2.04. The molecule has 5 heteroatoms. The van der Waals surface area contributed by atoms with Crippen LogP contribution in [0.3, 0.4) is 0 Å². The van der Waals surface area contributed by atoms with Crippen molar-refractivity contribution < 1.29 is 0 Å². The molecule has 96 valence electrons. The third-order valence-electron chi connectivity index (χ3n) is 3.72. The van der Waals surface area contributed by atoms with Gasteiger partial charge < -0.3 is 5.32 Å². The molecule has 0 aromatic carbocycles. The van der Waals surface area contributed by atoms with Crippen LogP contribution in [0.4, 0.5) is 0 Å². The number of hydrogen-bond acceptors (Lipinski definition) is 3. The van der Waals surface area contributed by atoms with Gasteiger partial charge in [-0.05, 0) is 44.4 Å². The maximum absolute atomic E-state index is 12.3. The fourth-order valence-electron chi connectivity index (χ4n) is 2.71. The summed E-state index contributed by atoms with van der Waals surface area (Å²) in [5.41, 5.74) is 2.64. The van der Waals surface area contributed by atoms with E-state index in [0.29, 0.717) is 0 Å². The van der Waals surface area contributed by atoms with Crippen molar-refractivity contribution in [3.63, 3.8) is 0 Å². The predicted octanol–water partition coefficient (Wildman–Crippen LogP) is 1.32. The van der Waals surface area contributed by atoms with Crippen molar-refractivity contribution in [2.45, 2.75) is 39.2 Å². The lowest BCUT2D eigenvalue weighted by molar-refractivity contribution is 0.603. The summed E-state index contributed by atoms with van der Waals surface area (Å²) in [7, 11) is 0. The Morgan fingerprint density at radius 3 is 3.06 bits per heavy atom. The summed E-state index contributed by atoms with van der Waals surface area (Å²) in [5, 5.41) is 6.53. The summed E-state index contributed by atoms with van der Waals surface area (Å²) in [5.74, 6) is 0.872. The summed E-state index contributed by atoms with van der Waals surface area (Å²) < 4.78 is 1.57. The van der Waals surface area contributed by atoms with Crippen LogP contribution in [0.15, 0.2) is 10.9 Å². The Balaban J connectivity index is 2.17. The molecular weight excluding hydrogens is 228 g/mol. The largest absolute Gasteiger partial charge is 0.307 e. The Morgan fingerprint density at radius 1 is 1.56 bits per heavy atom. The van der Waals surface area contributed by atoms with E-state index in [1.54, 1.807) is 4.52 Å². The number of nitrogens with one attached hydrogen (secondary N) is 2. The Kier molecular flexibility index (Phi) is 2.70. The first-order chi connectivity index (χ1) is 8.70. The van der Waals surface area contributed by atoms with Crippen molar-refractivity contribution in [1.82, 2.24) is 19.9 Å². The maximum atomic E-state index is 12.3. The van der Waals surface area contributed by atoms with Gasteiger partial charge in [0, 0.05) is 5.56 Å². The molecule has 2 aromatic rings. The third kappa shape index (κ3) is 1.66. The number of fused-ring (bicyclic) bond motifs is 1. The summed E-state index contributed by atoms with van der Waals surface area (Å²) in [6.45, 7) is 5.00. The van der Waals surface area contributed by atoms with Gasteiger partial charge in [-0.3, -0.25) is 9.89 Å². The molecule has 2 aromatic heterocycles. The molecular formula is C13H18N4O. The van der Waals surface area contributed by atoms with Crippen molar-refractivity contribution in [2.24, 2.45) is 0 Å². The number of aromatic nitrogens is 3. The van der Waals surface area contributed by atoms with Crippen molar-refractivity contribution in [1.29, 1.82) is 0 Å². The number of H-pyrrole nitrogens is 1. The molecule has 2 N–H and O–H groups in total. The van der Waals surface area contributed by atoms with Crippen LogP contribution >= 0.6 is 0 Å². The quantitative estimate of drug-likeness (QED) is 0.840. The lowest BCUT2D eigenvalue weighted by Crippen LogP contribution is -2.20. The first-order valence-corrected chi connectivity index (χ1v) is 6.55. The van der Waals surface area contributed by atoms with E-state index >= 15 is 0 Å². The molecule has 5 nitrogen and oxygen atoms in total. The normalized spacial score (nSPS) is 19.8. The fourth-order valence-corrected chi connectivity index (χ4v) is 2.71. The molecule has 1 unspecified atom stereocenters. The van der Waals surface area contributed by atoms with Gasteiger partial charge in [0.15, 0.2) is 5.65 Å². The number of rotatable bonds is 2. The van der Waals surface area contributed by atoms with Crippen LogP contribution in [0.5, 0.6) is 0 Å². The van der Waals surface area contributed by atoms with Crippen LogP contribution in [0.1, 0.15) is 42.8 Å². The van der Waals surface area contributed by atoms with E-state index in [2.05, 4.69) is 15.4 Å². The zero-order valence-corrected chi connectivity index (χ0v) is 10.8. The molecule has 0 bridgehead atoms. The Bertz CT molecular complexity index is 634. The van der Waals surface area contributed by atoms with Crippen LogP contribution in [-0.2, 0) is 6.42 Å². The van der Waals surface area contributed by atoms with Crippen molar-refractivity contribution in [3.8, 4) is 0 Å². The van der Waals surface area contributed by atoms with Crippen LogP contribution < -0.4 is 10.9 Å². The van der Waals surface area contributed by atoms with Crippen molar-refractivity contribution in [3.05, 3.63) is 33.4 Å². The number of hydrogen-bond donors (Lipinski definition) is 2. The first kappa shape index (κ1) is 11.5. The zero-order chi connectivity index (χ0) is 12.7. The minimum atomic E-state index is 0.0317. The van der Waals surface area contributed by atoms with E-state index in [9.17, 15) is 4.79 Å². The molecule has 0 aliphatic carbocycles. The van der Waals surface area contributed by atoms with Gasteiger partial charge in [-0.15, -0.1) is 0 Å². The molecule has 18 heavy (non-hydrogen) atoms. The van der Waals surface area contributed by atoms with Gasteiger partial charge in [-0.2, -0.15) is 4.52 Å². The highest BCUT2D eigenvalue weighted by molar-refractivity contribution is 5.43. The van der Waals surface area contributed by atoms with Crippen LogP contribution in [0, 0.1) is 6.92 Å². The summed E-state index contributed by atoms with van der Waals surface area (Å²) in [6, 6.07) is 2.24. The highest BCUT2D eigenvalue weighted by Gasteiger charge is 2.20. The summed E-state index contributed by atoms with van der Waals surface area (Å²) in [6.07, 6.45) is 2.99. The average molecular weight is 246 g/mol. The molecule has 1 aliphatic heterocycles. The van der Waals surface area contributed by atoms with E-state index in [1.807, 2.05) is 19.9 Å². The average Bonchev–Trinajstić information content (AvgIpc) is 2.96. The lowest BCUT2D eigenvalue weighted by atomic mass is 10.1. The SMILES string of the molecule is CCc1c(C)cc2nc(C3CCCN3)[nH]n2c1=O. The van der Waals surface area contributed by atoms with E-state index in [1.165, 1.54) is 0 Å². The van der Waals surface area contributed by atoms with Gasteiger partial charge in [0.1, 0.15) is 5.82 Å². The summed E-state index contributed by atoms with van der Waals surface area (Å²) in [4.78, 5) is 16.8. The van der Waals surface area contributed by atoms with Gasteiger partial charge in [0.25, 0.3) is 5.56 Å². The van der Waals surface area contributed by atoms with E-state index < -0.39 is 0 Å². The first-order valence-electron chi connectivity index (χ1n) is 6.55. The number of nitrogens with zero attached hydrogens (tertiary/aromatic N) is 2. The maximum Gasteiger partial charge on any atom is 0.274 e. The number of aromatic amines is 1. The Hall–Kier alpha value is -1.62. The smallest absolute Gasteiger partial charge is 0.274 e. The number of aryl methyl sites for hydroxylation is 1. The van der Waals surface area contributed by atoms with Crippen LogP contribution in [0.25, 0.3) is 5.65 Å². The minimum absolute atomic E-state index is 0.0317. The molecule has 1 atom stereocenters. The molecule has 3 heterocycles. The van der Waals surface area contributed by atoms with Crippen LogP contribution in [0.2, 0.25) is 0 Å². The fraction of sp³-hybridized carbons (Fsp3) is 0.538. The highest BCUT2D eigenvalue weighted by Crippen LogP contribution is 2.20. The standard InChI is InChI=1S/C13H18N4O/c1-3-9-8(2)7-11-15-12(10-5-4-6-14-10)16-17(11)13(9)18/h7,10,14H,3-6H2,1-2H3,(H,15,16). The second-order valence-electron chi connectivity index (χ2n) is 4.92. The Morgan fingerprint density at radius 2 is 2.39 bits per heavy atom. The monoisotopic (exact) mass is 246 g/mol. The van der Waals surface area contributed by atoms with Crippen molar-refractivity contribution in [2.75, 3.05) is 6.54 Å². The minimum Gasteiger partial charge on any atom is -0.307 e. The molecule has 0 spiro atoms. The second kappa shape index (κ2) is 4.24. The van der Waals surface area contributed by atoms with Crippen LogP contribution in [-0.4, -0.2) is 21.1 Å². The highest BCUT2D eigenvalue weighted by atomic mass is 16.1. The summed E-state index contributed by atoms with van der Waals surface area (Å²) >= 11 is 0. The molecule has 0 amide bonds. The third-order valence-corrected chi connectivity index (χ3v) is 3.72. The molecule has 0 saturated carbocycles. The van der Waals surface area contributed by atoms with E-state index in [0.717, 1.165) is 48.4 Å². The van der Waals surface area contributed by atoms with Gasteiger partial charge >= 0.3 is 0 Å². The second-order valence-corrected chi connectivity index (χ2v) is 4.92. The number of pyridine rings is 1. The molecule has 1 saturated heterocycles. The van der Waals surface area contributed by atoms with E-state index in [-0.39, 0.29) is 11.6 Å². The van der Waals surface area contributed by atoms with Gasteiger partial charge in [0.05, 0.1) is 6.04 Å². The Labute approximate surface area is 105 Å². The topological polar surface area (TPSA) is 62.2 Å². The zero-order valence-electron chi connectivity index (χ0n) is 10.8. The molecule has 1 aliphatic rings. The van der Waals surface area contributed by atoms with E-state index in [4.69, 9.17) is 0 Å². The van der Waals surface area contributed by atoms with Gasteiger partial charge in [-0.1, -0.05) is 6.92 Å². The molecule has 0 radical (unpaired) electrons. The molecule has 1 fully saturated rings. The van der Waals surface area contributed by atoms with Crippen molar-refractivity contribution >= 4 is 5.65 Å². The van der Waals surface area contributed by atoms with Gasteiger partial charge in [-0.25, -0.2) is 4.98 Å².